The van der Waals surface area contributed by atoms with E-state index in [1.165, 1.54) is 16.7 Å². The van der Waals surface area contributed by atoms with E-state index in [9.17, 15) is 0 Å². The third kappa shape index (κ3) is 4.64. The predicted octanol–water partition coefficient (Wildman–Crippen LogP) is 0.218. The van der Waals surface area contributed by atoms with Crippen molar-refractivity contribution >= 4 is 0 Å². The summed E-state index contributed by atoms with van der Waals surface area (Å²) >= 11 is 0. The average Bonchev–Trinajstić information content (AvgIpc) is 2.50. The van der Waals surface area contributed by atoms with E-state index in [1.807, 2.05) is 6.07 Å². The van der Waals surface area contributed by atoms with Crippen molar-refractivity contribution in [2.24, 2.45) is 0 Å². The Balaban J connectivity index is 0.00000200. The Morgan fingerprint density at radius 1 is 0.950 bits per heavy atom. The maximum absolute atomic E-state index is 9.13. The number of rotatable bonds is 6. The van der Waals surface area contributed by atoms with Crippen molar-refractivity contribution in [3.05, 3.63) is 60.2 Å². The summed E-state index contributed by atoms with van der Waals surface area (Å²) in [4.78, 5) is 0. The lowest BCUT2D eigenvalue weighted by atomic mass is 10.0. The van der Waals surface area contributed by atoms with E-state index in [0.717, 1.165) is 13.0 Å². The van der Waals surface area contributed by atoms with Crippen molar-refractivity contribution in [1.29, 1.82) is 0 Å². The van der Waals surface area contributed by atoms with E-state index in [2.05, 4.69) is 60.8 Å². The molecule has 0 aliphatic carbocycles. The third-order valence-corrected chi connectivity index (χ3v) is 3.37. The van der Waals surface area contributed by atoms with Crippen LogP contribution in [0.5, 0.6) is 0 Å². The molecule has 0 aliphatic rings. The topological polar surface area (TPSA) is 32.3 Å². The van der Waals surface area contributed by atoms with Crippen LogP contribution in [0.25, 0.3) is 11.1 Å². The highest BCUT2D eigenvalue weighted by Crippen LogP contribution is 2.19. The van der Waals surface area contributed by atoms with Crippen molar-refractivity contribution in [1.82, 2.24) is 5.32 Å². The summed E-state index contributed by atoms with van der Waals surface area (Å²) in [7, 11) is 0. The number of hydrogen-bond donors (Lipinski definition) is 2. The number of aliphatic hydroxyl groups is 1. The molecule has 0 amide bonds. The second kappa shape index (κ2) is 8.75. The van der Waals surface area contributed by atoms with Crippen molar-refractivity contribution in [2.75, 3.05) is 6.61 Å². The van der Waals surface area contributed by atoms with E-state index >= 15 is 0 Å². The van der Waals surface area contributed by atoms with Gasteiger partial charge in [0.1, 0.15) is 0 Å². The number of aliphatic hydroxyl groups excluding tert-OH is 1. The summed E-state index contributed by atoms with van der Waals surface area (Å²) in [6.45, 7) is 3.07. The molecule has 0 saturated heterocycles. The number of halogens is 1. The Labute approximate surface area is 127 Å². The average molecular weight is 291 g/mol. The van der Waals surface area contributed by atoms with Gasteiger partial charge in [0.15, 0.2) is 0 Å². The van der Waals surface area contributed by atoms with Gasteiger partial charge in [-0.1, -0.05) is 61.5 Å². The first-order chi connectivity index (χ1) is 9.33. The van der Waals surface area contributed by atoms with Gasteiger partial charge in [0, 0.05) is 12.6 Å². The zero-order chi connectivity index (χ0) is 13.5. The number of hydrogen-bond acceptors (Lipinski definition) is 2. The minimum atomic E-state index is 0. The third-order valence-electron chi connectivity index (χ3n) is 3.37. The van der Waals surface area contributed by atoms with E-state index in [-0.39, 0.29) is 25.1 Å². The molecular formula is C17H21ClNO-. The van der Waals surface area contributed by atoms with Crippen LogP contribution in [0.2, 0.25) is 0 Å². The van der Waals surface area contributed by atoms with Gasteiger partial charge in [-0.25, -0.2) is 0 Å². The lowest BCUT2D eigenvalue weighted by Crippen LogP contribution is -3.00. The molecule has 2 aromatic rings. The molecule has 0 aliphatic heterocycles. The predicted molar refractivity (Wildman–Crippen MR) is 79.9 cm³/mol. The summed E-state index contributed by atoms with van der Waals surface area (Å²) in [5.74, 6) is 0. The van der Waals surface area contributed by atoms with Crippen molar-refractivity contribution in [2.45, 2.75) is 25.9 Å². The summed E-state index contributed by atoms with van der Waals surface area (Å²) in [5, 5.41) is 12.5. The number of benzene rings is 2. The highest BCUT2D eigenvalue weighted by atomic mass is 35.5. The summed E-state index contributed by atoms with van der Waals surface area (Å²) in [6.07, 6.45) is 0.943. The minimum absolute atomic E-state index is 0. The van der Waals surface area contributed by atoms with E-state index in [1.54, 1.807) is 0 Å². The maximum atomic E-state index is 9.13. The molecule has 1 unspecified atom stereocenters. The molecule has 3 heteroatoms. The van der Waals surface area contributed by atoms with Gasteiger partial charge in [0.05, 0.1) is 6.61 Å². The van der Waals surface area contributed by atoms with Gasteiger partial charge in [-0.3, -0.25) is 0 Å². The molecule has 0 fully saturated rings. The molecule has 0 saturated carbocycles. The van der Waals surface area contributed by atoms with Gasteiger partial charge < -0.3 is 22.8 Å². The van der Waals surface area contributed by atoms with Gasteiger partial charge in [0.25, 0.3) is 0 Å². The van der Waals surface area contributed by atoms with Crippen LogP contribution in [0.1, 0.15) is 18.9 Å². The standard InChI is InChI=1S/C17H21NO.ClH/c1-2-17(13-19)18-12-14-8-10-16(11-9-14)15-6-4-3-5-7-15;/h3-11,17-19H,2,12-13H2,1H3;1H/p-1. The Hall–Kier alpha value is -1.35. The largest absolute Gasteiger partial charge is 1.00 e. The molecule has 20 heavy (non-hydrogen) atoms. The van der Waals surface area contributed by atoms with Gasteiger partial charge in [-0.2, -0.15) is 0 Å². The highest BCUT2D eigenvalue weighted by molar-refractivity contribution is 5.63. The quantitative estimate of drug-likeness (QED) is 0.798. The Kier molecular flexibility index (Phi) is 7.31. The SMILES string of the molecule is CCC(CO)NCc1ccc(-c2ccccc2)cc1.[Cl-]. The van der Waals surface area contributed by atoms with Gasteiger partial charge in [-0.15, -0.1) is 0 Å². The van der Waals surface area contributed by atoms with Crippen LogP contribution in [-0.2, 0) is 6.54 Å². The van der Waals surface area contributed by atoms with Crippen molar-refractivity contribution < 1.29 is 17.5 Å². The van der Waals surface area contributed by atoms with Crippen LogP contribution in [0.4, 0.5) is 0 Å². The Morgan fingerprint density at radius 2 is 1.55 bits per heavy atom. The molecule has 2 nitrogen and oxygen atoms in total. The van der Waals surface area contributed by atoms with E-state index in [4.69, 9.17) is 5.11 Å². The van der Waals surface area contributed by atoms with Crippen LogP contribution in [-0.4, -0.2) is 17.8 Å². The lowest BCUT2D eigenvalue weighted by molar-refractivity contribution is -0.00000488. The van der Waals surface area contributed by atoms with Crippen molar-refractivity contribution in [3.8, 4) is 11.1 Å². The second-order valence-corrected chi connectivity index (χ2v) is 4.73. The highest BCUT2D eigenvalue weighted by Gasteiger charge is 2.03. The zero-order valence-electron chi connectivity index (χ0n) is 11.7. The summed E-state index contributed by atoms with van der Waals surface area (Å²) < 4.78 is 0. The number of nitrogens with one attached hydrogen (secondary N) is 1. The molecule has 2 aromatic carbocycles. The normalized spacial score (nSPS) is 11.7. The summed E-state index contributed by atoms with van der Waals surface area (Å²) in [6, 6.07) is 19.1. The Bertz CT molecular complexity index is 480. The Morgan fingerprint density at radius 3 is 2.10 bits per heavy atom. The van der Waals surface area contributed by atoms with Gasteiger partial charge in [-0.05, 0) is 23.1 Å². The van der Waals surface area contributed by atoms with Crippen LogP contribution in [0.3, 0.4) is 0 Å². The zero-order valence-corrected chi connectivity index (χ0v) is 12.5. The minimum Gasteiger partial charge on any atom is -1.00 e. The smallest absolute Gasteiger partial charge is 0.0584 e. The fourth-order valence-corrected chi connectivity index (χ4v) is 2.05. The molecule has 0 radical (unpaired) electrons. The van der Waals surface area contributed by atoms with Gasteiger partial charge >= 0.3 is 0 Å². The molecule has 0 aromatic heterocycles. The second-order valence-electron chi connectivity index (χ2n) is 4.73. The summed E-state index contributed by atoms with van der Waals surface area (Å²) in [5.41, 5.74) is 3.72. The van der Waals surface area contributed by atoms with Crippen LogP contribution >= 0.6 is 0 Å². The van der Waals surface area contributed by atoms with Crippen LogP contribution < -0.4 is 17.7 Å². The monoisotopic (exact) mass is 290 g/mol. The first kappa shape index (κ1) is 16.7. The molecule has 0 heterocycles. The van der Waals surface area contributed by atoms with Gasteiger partial charge in [0.2, 0.25) is 0 Å². The molecule has 1 atom stereocenters. The fraction of sp³-hybridized carbons (Fsp3) is 0.294. The molecule has 0 spiro atoms. The molecular weight excluding hydrogens is 270 g/mol. The van der Waals surface area contributed by atoms with Crippen LogP contribution in [0.15, 0.2) is 54.6 Å². The van der Waals surface area contributed by atoms with Crippen LogP contribution in [0, 0.1) is 0 Å². The molecule has 108 valence electrons. The first-order valence-electron chi connectivity index (χ1n) is 6.82. The van der Waals surface area contributed by atoms with E-state index < -0.39 is 0 Å². The first-order valence-corrected chi connectivity index (χ1v) is 6.82. The fourth-order valence-electron chi connectivity index (χ4n) is 2.05. The molecule has 2 rings (SSSR count). The molecule has 2 N–H and O–H groups in total. The van der Waals surface area contributed by atoms with E-state index in [0.29, 0.717) is 0 Å². The molecule has 0 bridgehead atoms. The maximum Gasteiger partial charge on any atom is 0.0584 e. The lowest BCUT2D eigenvalue weighted by Gasteiger charge is -2.14. The van der Waals surface area contributed by atoms with Crippen molar-refractivity contribution in [3.63, 3.8) is 0 Å².